The quantitative estimate of drug-likeness (QED) is 0.867. The van der Waals surface area contributed by atoms with Crippen molar-refractivity contribution in [2.75, 3.05) is 11.6 Å². The van der Waals surface area contributed by atoms with E-state index in [0.29, 0.717) is 9.44 Å². The summed E-state index contributed by atoms with van der Waals surface area (Å²) in [5.74, 6) is 0. The molecule has 0 radical (unpaired) electrons. The number of rotatable bonds is 3. The zero-order valence-corrected chi connectivity index (χ0v) is 12.2. The van der Waals surface area contributed by atoms with E-state index in [1.54, 1.807) is 5.38 Å². The summed E-state index contributed by atoms with van der Waals surface area (Å²) in [4.78, 5) is 27.0. The summed E-state index contributed by atoms with van der Waals surface area (Å²) in [5.41, 5.74) is 0. The monoisotopic (exact) mass is 306 g/mol. The molecule has 10 heteroatoms. The van der Waals surface area contributed by atoms with Crippen LogP contribution in [0.3, 0.4) is 0 Å². The van der Waals surface area contributed by atoms with E-state index in [1.165, 1.54) is 31.4 Å². The molecular formula is C9H14N4O4S2. The van der Waals surface area contributed by atoms with Crippen LogP contribution in [0.15, 0.2) is 11.6 Å². The fourth-order valence-corrected chi connectivity index (χ4v) is 2.97. The van der Waals surface area contributed by atoms with Gasteiger partial charge >= 0.3 is 12.1 Å². The zero-order valence-electron chi connectivity index (χ0n) is 10.6. The van der Waals surface area contributed by atoms with Crippen molar-refractivity contribution in [3.05, 3.63) is 11.6 Å². The number of thiazole rings is 1. The third-order valence-corrected chi connectivity index (χ3v) is 3.89. The molecule has 0 aliphatic heterocycles. The molecule has 0 saturated heterocycles. The van der Waals surface area contributed by atoms with Crippen LogP contribution in [-0.2, 0) is 10.0 Å². The highest BCUT2D eigenvalue weighted by molar-refractivity contribution is 7.88. The molecule has 8 nitrogen and oxygen atoms in total. The molecule has 0 aromatic carbocycles. The number of hydrogen-bond acceptors (Lipinski definition) is 6. The Hall–Kier alpha value is -1.68. The van der Waals surface area contributed by atoms with Crippen molar-refractivity contribution in [1.29, 1.82) is 0 Å². The molecule has 1 aromatic rings. The topological polar surface area (TPSA) is 108 Å². The molecule has 0 bridgehead atoms. The normalized spacial score (nSPS) is 11.2. The molecule has 0 fully saturated rings. The number of urea groups is 2. The average Bonchev–Trinajstić information content (AvgIpc) is 2.66. The van der Waals surface area contributed by atoms with Gasteiger partial charge < -0.3 is 0 Å². The van der Waals surface area contributed by atoms with Gasteiger partial charge in [-0.3, -0.25) is 10.6 Å². The van der Waals surface area contributed by atoms with Crippen LogP contribution >= 0.6 is 11.3 Å². The number of nitrogens with one attached hydrogen (secondary N) is 2. The van der Waals surface area contributed by atoms with Crippen LogP contribution in [0.5, 0.6) is 0 Å². The van der Waals surface area contributed by atoms with Crippen LogP contribution in [0.4, 0.5) is 14.7 Å². The summed E-state index contributed by atoms with van der Waals surface area (Å²) >= 11 is 1.17. The van der Waals surface area contributed by atoms with Gasteiger partial charge in [0.2, 0.25) is 10.0 Å². The van der Waals surface area contributed by atoms with Gasteiger partial charge in [0.15, 0.2) is 5.13 Å². The number of carbonyl (C=O) groups is 2. The summed E-state index contributed by atoms with van der Waals surface area (Å²) in [5, 5.41) is 6.20. The number of nitrogens with zero attached hydrogens (tertiary/aromatic N) is 2. The molecular weight excluding hydrogens is 292 g/mol. The number of carbonyl (C=O) groups excluding carboxylic acids is 2. The SMILES string of the molecule is CC(C)N(C(=O)NC(=O)Nc1nccs1)S(C)(=O)=O. The summed E-state index contributed by atoms with van der Waals surface area (Å²) < 4.78 is 23.5. The molecule has 19 heavy (non-hydrogen) atoms. The third kappa shape index (κ3) is 4.48. The molecule has 1 heterocycles. The molecule has 0 unspecified atom stereocenters. The summed E-state index contributed by atoms with van der Waals surface area (Å²) in [6.45, 7) is 3.05. The van der Waals surface area contributed by atoms with Gasteiger partial charge in [0, 0.05) is 17.6 Å². The second kappa shape index (κ2) is 5.97. The predicted octanol–water partition coefficient (Wildman–Crippen LogP) is 1.05. The zero-order chi connectivity index (χ0) is 14.6. The molecule has 1 rings (SSSR count). The van der Waals surface area contributed by atoms with Gasteiger partial charge in [-0.2, -0.15) is 0 Å². The molecule has 0 atom stereocenters. The first-order chi connectivity index (χ1) is 8.71. The van der Waals surface area contributed by atoms with Crippen LogP contribution in [0, 0.1) is 0 Å². The minimum Gasteiger partial charge on any atom is -0.283 e. The highest BCUT2D eigenvalue weighted by Crippen LogP contribution is 2.10. The Labute approximate surface area is 114 Å². The van der Waals surface area contributed by atoms with Crippen molar-refractivity contribution >= 4 is 38.6 Å². The maximum absolute atomic E-state index is 11.7. The van der Waals surface area contributed by atoms with E-state index in [9.17, 15) is 18.0 Å². The maximum atomic E-state index is 11.7. The van der Waals surface area contributed by atoms with Gasteiger partial charge in [0.1, 0.15) is 0 Å². The van der Waals surface area contributed by atoms with E-state index in [-0.39, 0.29) is 0 Å². The van der Waals surface area contributed by atoms with Gasteiger partial charge in [-0.1, -0.05) is 0 Å². The number of amides is 4. The van der Waals surface area contributed by atoms with E-state index in [1.807, 2.05) is 5.32 Å². The summed E-state index contributed by atoms with van der Waals surface area (Å²) in [6.07, 6.45) is 2.38. The Morgan fingerprint density at radius 2 is 2.05 bits per heavy atom. The van der Waals surface area contributed by atoms with Gasteiger partial charge in [-0.15, -0.1) is 11.3 Å². The lowest BCUT2D eigenvalue weighted by Gasteiger charge is -2.23. The average molecular weight is 306 g/mol. The lowest BCUT2D eigenvalue weighted by molar-refractivity contribution is 0.213. The van der Waals surface area contributed by atoms with Gasteiger partial charge in [-0.05, 0) is 13.8 Å². The number of sulfonamides is 1. The lowest BCUT2D eigenvalue weighted by Crippen LogP contribution is -2.49. The Kier molecular flexibility index (Phi) is 4.84. The molecule has 0 aliphatic carbocycles. The van der Waals surface area contributed by atoms with Crippen molar-refractivity contribution in [3.8, 4) is 0 Å². The predicted molar refractivity (Wildman–Crippen MR) is 71.5 cm³/mol. The fourth-order valence-electron chi connectivity index (χ4n) is 1.33. The largest absolute Gasteiger partial charge is 0.339 e. The maximum Gasteiger partial charge on any atom is 0.339 e. The Morgan fingerprint density at radius 1 is 1.42 bits per heavy atom. The molecule has 0 saturated carbocycles. The molecule has 0 aliphatic rings. The van der Waals surface area contributed by atoms with Gasteiger partial charge in [0.05, 0.1) is 6.26 Å². The Bertz CT molecular complexity index is 553. The highest BCUT2D eigenvalue weighted by Gasteiger charge is 2.27. The first kappa shape index (κ1) is 15.4. The second-order valence-electron chi connectivity index (χ2n) is 3.87. The fraction of sp³-hybridized carbons (Fsp3) is 0.444. The minimum absolute atomic E-state index is 0.306. The number of imide groups is 1. The first-order valence-corrected chi connectivity index (χ1v) is 7.95. The van der Waals surface area contributed by atoms with Crippen molar-refractivity contribution in [2.24, 2.45) is 0 Å². The van der Waals surface area contributed by atoms with Crippen LogP contribution in [0.2, 0.25) is 0 Å². The number of hydrogen-bond donors (Lipinski definition) is 2. The Balaban J connectivity index is 2.70. The van der Waals surface area contributed by atoms with Crippen molar-refractivity contribution < 1.29 is 18.0 Å². The molecule has 4 amide bonds. The van der Waals surface area contributed by atoms with E-state index in [4.69, 9.17) is 0 Å². The van der Waals surface area contributed by atoms with Gasteiger partial charge in [0.25, 0.3) is 0 Å². The van der Waals surface area contributed by atoms with Crippen molar-refractivity contribution in [2.45, 2.75) is 19.9 Å². The number of anilines is 1. The van der Waals surface area contributed by atoms with E-state index in [0.717, 1.165) is 6.26 Å². The van der Waals surface area contributed by atoms with Crippen molar-refractivity contribution in [1.82, 2.24) is 14.6 Å². The van der Waals surface area contributed by atoms with E-state index < -0.39 is 28.1 Å². The van der Waals surface area contributed by atoms with Crippen LogP contribution < -0.4 is 10.6 Å². The van der Waals surface area contributed by atoms with Gasteiger partial charge in [-0.25, -0.2) is 27.3 Å². The molecule has 106 valence electrons. The smallest absolute Gasteiger partial charge is 0.283 e. The van der Waals surface area contributed by atoms with Crippen LogP contribution in [-0.4, -0.2) is 42.1 Å². The number of aromatic nitrogens is 1. The van der Waals surface area contributed by atoms with E-state index >= 15 is 0 Å². The molecule has 0 spiro atoms. The molecule has 2 N–H and O–H groups in total. The molecule has 1 aromatic heterocycles. The third-order valence-electron chi connectivity index (χ3n) is 1.90. The minimum atomic E-state index is -3.74. The summed E-state index contributed by atoms with van der Waals surface area (Å²) in [7, 11) is -3.74. The first-order valence-electron chi connectivity index (χ1n) is 5.22. The lowest BCUT2D eigenvalue weighted by atomic mass is 10.4. The van der Waals surface area contributed by atoms with Crippen LogP contribution in [0.25, 0.3) is 0 Å². The second-order valence-corrected chi connectivity index (χ2v) is 6.63. The Morgan fingerprint density at radius 3 is 2.47 bits per heavy atom. The van der Waals surface area contributed by atoms with E-state index in [2.05, 4.69) is 10.3 Å². The van der Waals surface area contributed by atoms with Crippen molar-refractivity contribution in [3.63, 3.8) is 0 Å². The van der Waals surface area contributed by atoms with Crippen LogP contribution in [0.1, 0.15) is 13.8 Å². The standard InChI is InChI=1S/C9H14N4O4S2/c1-6(2)13(19(3,16)17)9(15)12-7(14)11-8-10-4-5-18-8/h4-6H,1-3H3,(H2,10,11,12,14,15). The highest BCUT2D eigenvalue weighted by atomic mass is 32.2. The summed E-state index contributed by atoms with van der Waals surface area (Å²) in [6, 6.07) is -2.44.